The summed E-state index contributed by atoms with van der Waals surface area (Å²) in [5.41, 5.74) is -0.456. The molecule has 1 saturated carbocycles. The topological polar surface area (TPSA) is 40.5 Å². The molecule has 0 amide bonds. The Kier molecular flexibility index (Phi) is 6.13. The van der Waals surface area contributed by atoms with Crippen LogP contribution in [0.15, 0.2) is 0 Å². The molecule has 0 aromatic heterocycles. The molecule has 1 rings (SSSR count). The van der Waals surface area contributed by atoms with E-state index in [1.165, 1.54) is 12.8 Å². The molecule has 1 fully saturated rings. The summed E-state index contributed by atoms with van der Waals surface area (Å²) in [4.78, 5) is 13.9. The van der Waals surface area contributed by atoms with Gasteiger partial charge < -0.3 is 10.0 Å². The fourth-order valence-corrected chi connectivity index (χ4v) is 3.14. The van der Waals surface area contributed by atoms with Gasteiger partial charge in [0.1, 0.15) is 0 Å². The second-order valence-corrected chi connectivity index (χ2v) is 5.80. The Morgan fingerprint density at radius 3 is 2.17 bits per heavy atom. The Balaban J connectivity index is 2.62. The van der Waals surface area contributed by atoms with Gasteiger partial charge in [0.05, 0.1) is 5.41 Å². The molecule has 3 nitrogen and oxygen atoms in total. The predicted molar refractivity (Wildman–Crippen MR) is 74.7 cm³/mol. The molecule has 1 N–H and O–H groups in total. The van der Waals surface area contributed by atoms with Crippen molar-refractivity contribution in [2.45, 2.75) is 59.3 Å². The van der Waals surface area contributed by atoms with Gasteiger partial charge >= 0.3 is 5.97 Å². The lowest BCUT2D eigenvalue weighted by Gasteiger charge is -2.33. The quantitative estimate of drug-likeness (QED) is 0.722. The third kappa shape index (κ3) is 3.71. The van der Waals surface area contributed by atoms with Gasteiger partial charge in [0.25, 0.3) is 0 Å². The molecule has 18 heavy (non-hydrogen) atoms. The molecule has 3 heteroatoms. The van der Waals surface area contributed by atoms with Crippen LogP contribution in [-0.2, 0) is 4.79 Å². The number of hydrogen-bond donors (Lipinski definition) is 1. The van der Waals surface area contributed by atoms with Crippen LogP contribution in [0.1, 0.15) is 59.3 Å². The average Bonchev–Trinajstić information content (AvgIpc) is 2.84. The molecule has 0 radical (unpaired) electrons. The lowest BCUT2D eigenvalue weighted by molar-refractivity contribution is -0.150. The molecule has 0 heterocycles. The van der Waals surface area contributed by atoms with E-state index < -0.39 is 11.4 Å². The molecule has 0 atom stereocenters. The highest BCUT2D eigenvalue weighted by Gasteiger charge is 2.42. The second-order valence-electron chi connectivity index (χ2n) is 5.80. The molecule has 0 aromatic rings. The first-order valence-electron chi connectivity index (χ1n) is 7.53. The molecule has 106 valence electrons. The molecule has 1 aliphatic rings. The number of rotatable bonds is 8. The monoisotopic (exact) mass is 255 g/mol. The van der Waals surface area contributed by atoms with Crippen LogP contribution in [0.2, 0.25) is 0 Å². The minimum atomic E-state index is -0.581. The lowest BCUT2D eigenvalue weighted by Crippen LogP contribution is -2.43. The summed E-state index contributed by atoms with van der Waals surface area (Å²) in [6.45, 7) is 9.36. The number of aliphatic carboxylic acids is 1. The first-order valence-corrected chi connectivity index (χ1v) is 7.53. The van der Waals surface area contributed by atoms with Crippen molar-refractivity contribution in [3.8, 4) is 0 Å². The summed E-state index contributed by atoms with van der Waals surface area (Å²) >= 11 is 0. The second kappa shape index (κ2) is 7.13. The zero-order valence-corrected chi connectivity index (χ0v) is 12.2. The molecular formula is C15H29NO2. The minimum Gasteiger partial charge on any atom is -0.481 e. The molecular weight excluding hydrogens is 226 g/mol. The normalized spacial score (nSPS) is 18.7. The van der Waals surface area contributed by atoms with Crippen LogP contribution in [0.4, 0.5) is 0 Å². The van der Waals surface area contributed by atoms with E-state index >= 15 is 0 Å². The maximum Gasteiger partial charge on any atom is 0.310 e. The standard InChI is InChI=1S/C15H29NO2/c1-4-13(5-2)11-16(6-3)12-15(14(17)18)9-7-8-10-15/h13H,4-12H2,1-3H3,(H,17,18). The molecule has 0 aromatic carbocycles. The van der Waals surface area contributed by atoms with Crippen LogP contribution in [0.25, 0.3) is 0 Å². The summed E-state index contributed by atoms with van der Waals surface area (Å²) in [6, 6.07) is 0. The van der Waals surface area contributed by atoms with Crippen molar-refractivity contribution in [1.29, 1.82) is 0 Å². The van der Waals surface area contributed by atoms with Gasteiger partial charge in [-0.05, 0) is 25.3 Å². The van der Waals surface area contributed by atoms with Crippen molar-refractivity contribution < 1.29 is 9.90 Å². The van der Waals surface area contributed by atoms with Crippen LogP contribution in [-0.4, -0.2) is 35.6 Å². The van der Waals surface area contributed by atoms with Gasteiger partial charge in [0.15, 0.2) is 0 Å². The Morgan fingerprint density at radius 2 is 1.78 bits per heavy atom. The van der Waals surface area contributed by atoms with Gasteiger partial charge in [-0.25, -0.2) is 0 Å². The highest BCUT2D eigenvalue weighted by molar-refractivity contribution is 5.75. The molecule has 0 bridgehead atoms. The van der Waals surface area contributed by atoms with Crippen molar-refractivity contribution >= 4 is 5.97 Å². The van der Waals surface area contributed by atoms with E-state index in [0.29, 0.717) is 5.92 Å². The van der Waals surface area contributed by atoms with Gasteiger partial charge in [-0.3, -0.25) is 4.79 Å². The maximum absolute atomic E-state index is 11.6. The van der Waals surface area contributed by atoms with Crippen LogP contribution in [0.5, 0.6) is 0 Å². The Bertz CT molecular complexity index is 255. The van der Waals surface area contributed by atoms with Crippen LogP contribution < -0.4 is 0 Å². The van der Waals surface area contributed by atoms with Gasteiger partial charge in [0.2, 0.25) is 0 Å². The Hall–Kier alpha value is -0.570. The van der Waals surface area contributed by atoms with Crippen LogP contribution in [0, 0.1) is 11.3 Å². The lowest BCUT2D eigenvalue weighted by atomic mass is 9.85. The van der Waals surface area contributed by atoms with E-state index in [9.17, 15) is 9.90 Å². The maximum atomic E-state index is 11.6. The third-order valence-corrected chi connectivity index (χ3v) is 4.66. The first-order chi connectivity index (χ1) is 8.57. The summed E-state index contributed by atoms with van der Waals surface area (Å²) in [6.07, 6.45) is 6.26. The molecule has 0 unspecified atom stereocenters. The van der Waals surface area contributed by atoms with Crippen molar-refractivity contribution in [3.05, 3.63) is 0 Å². The Morgan fingerprint density at radius 1 is 1.22 bits per heavy atom. The van der Waals surface area contributed by atoms with Crippen molar-refractivity contribution in [2.75, 3.05) is 19.6 Å². The highest BCUT2D eigenvalue weighted by Crippen LogP contribution is 2.39. The van der Waals surface area contributed by atoms with Crippen molar-refractivity contribution in [3.63, 3.8) is 0 Å². The summed E-state index contributed by atoms with van der Waals surface area (Å²) < 4.78 is 0. The molecule has 1 aliphatic carbocycles. The minimum absolute atomic E-state index is 0.456. The average molecular weight is 255 g/mol. The zero-order valence-electron chi connectivity index (χ0n) is 12.2. The molecule has 0 aliphatic heterocycles. The van der Waals surface area contributed by atoms with E-state index in [1.54, 1.807) is 0 Å². The first kappa shape index (κ1) is 15.5. The fraction of sp³-hybridized carbons (Fsp3) is 0.933. The number of nitrogens with zero attached hydrogens (tertiary/aromatic N) is 1. The van der Waals surface area contributed by atoms with E-state index in [1.807, 2.05) is 0 Å². The van der Waals surface area contributed by atoms with E-state index in [-0.39, 0.29) is 0 Å². The fourth-order valence-electron chi connectivity index (χ4n) is 3.14. The van der Waals surface area contributed by atoms with Crippen molar-refractivity contribution in [2.24, 2.45) is 11.3 Å². The van der Waals surface area contributed by atoms with Gasteiger partial charge in [-0.15, -0.1) is 0 Å². The highest BCUT2D eigenvalue weighted by atomic mass is 16.4. The largest absolute Gasteiger partial charge is 0.481 e. The van der Waals surface area contributed by atoms with Gasteiger partial charge in [-0.1, -0.05) is 46.5 Å². The Labute approximate surface area is 112 Å². The third-order valence-electron chi connectivity index (χ3n) is 4.66. The summed E-state index contributed by atoms with van der Waals surface area (Å²) in [5, 5.41) is 9.53. The SMILES string of the molecule is CCC(CC)CN(CC)CC1(C(=O)O)CCCC1. The van der Waals surface area contributed by atoms with Gasteiger partial charge in [-0.2, -0.15) is 0 Å². The van der Waals surface area contributed by atoms with E-state index in [4.69, 9.17) is 0 Å². The number of carbonyl (C=O) groups is 1. The number of carboxylic acid groups (broad SMARTS) is 1. The molecule has 0 saturated heterocycles. The van der Waals surface area contributed by atoms with E-state index in [0.717, 1.165) is 45.3 Å². The summed E-state index contributed by atoms with van der Waals surface area (Å²) in [5.74, 6) is 0.125. The smallest absolute Gasteiger partial charge is 0.310 e. The van der Waals surface area contributed by atoms with Crippen LogP contribution >= 0.6 is 0 Å². The number of hydrogen-bond acceptors (Lipinski definition) is 2. The molecule has 0 spiro atoms. The summed E-state index contributed by atoms with van der Waals surface area (Å²) in [7, 11) is 0. The van der Waals surface area contributed by atoms with Crippen molar-refractivity contribution in [1.82, 2.24) is 4.90 Å². The van der Waals surface area contributed by atoms with E-state index in [2.05, 4.69) is 25.7 Å². The zero-order chi connectivity index (χ0) is 13.6. The predicted octanol–water partition coefficient (Wildman–Crippen LogP) is 3.39. The van der Waals surface area contributed by atoms with Gasteiger partial charge in [0, 0.05) is 13.1 Å². The van der Waals surface area contributed by atoms with Crippen LogP contribution in [0.3, 0.4) is 0 Å². The number of carboxylic acids is 1.